The van der Waals surface area contributed by atoms with Crippen LogP contribution in [-0.2, 0) is 6.54 Å². The van der Waals surface area contributed by atoms with E-state index >= 15 is 0 Å². The maximum absolute atomic E-state index is 9.94. The van der Waals surface area contributed by atoms with Crippen LogP contribution < -0.4 is 10.1 Å². The fourth-order valence-corrected chi connectivity index (χ4v) is 4.49. The second kappa shape index (κ2) is 6.58. The van der Waals surface area contributed by atoms with Crippen LogP contribution in [0.4, 0.5) is 0 Å². The molecule has 0 bridgehead atoms. The Morgan fingerprint density at radius 2 is 2.14 bits per heavy atom. The van der Waals surface area contributed by atoms with Gasteiger partial charge in [-0.15, -0.1) is 10.2 Å². The van der Waals surface area contributed by atoms with Crippen LogP contribution >= 0.6 is 11.3 Å². The minimum absolute atomic E-state index is 0.165. The van der Waals surface area contributed by atoms with Crippen molar-refractivity contribution in [3.05, 3.63) is 5.01 Å². The van der Waals surface area contributed by atoms with Crippen molar-refractivity contribution in [2.45, 2.75) is 59.0 Å². The van der Waals surface area contributed by atoms with E-state index in [2.05, 4.69) is 36.3 Å². The summed E-state index contributed by atoms with van der Waals surface area (Å²) in [5.74, 6) is 0.613. The smallest absolute Gasteiger partial charge is 0.294 e. The normalized spacial score (nSPS) is 28.5. The lowest BCUT2D eigenvalue weighted by atomic mass is 9.64. The molecule has 1 saturated carbocycles. The van der Waals surface area contributed by atoms with Gasteiger partial charge in [0.15, 0.2) is 0 Å². The number of hydrogen-bond acceptors (Lipinski definition) is 6. The monoisotopic (exact) mass is 313 g/mol. The van der Waals surface area contributed by atoms with E-state index in [4.69, 9.17) is 4.74 Å². The third-order valence-corrected chi connectivity index (χ3v) is 4.93. The highest BCUT2D eigenvalue weighted by Crippen LogP contribution is 2.43. The lowest BCUT2D eigenvalue weighted by molar-refractivity contribution is 0.0352. The largest absolute Gasteiger partial charge is 0.469 e. The molecule has 21 heavy (non-hydrogen) atoms. The fraction of sp³-hybridized carbons (Fsp3) is 0.867. The van der Waals surface area contributed by atoms with Crippen LogP contribution in [-0.4, -0.2) is 34.1 Å². The van der Waals surface area contributed by atoms with Crippen molar-refractivity contribution < 1.29 is 9.84 Å². The number of nitrogens with one attached hydrogen (secondary N) is 1. The van der Waals surface area contributed by atoms with Crippen LogP contribution in [0.2, 0.25) is 0 Å². The topological polar surface area (TPSA) is 67.3 Å². The van der Waals surface area contributed by atoms with Crippen molar-refractivity contribution >= 4 is 11.3 Å². The number of aromatic nitrogens is 2. The number of nitrogens with zero attached hydrogens (tertiary/aromatic N) is 2. The zero-order valence-corrected chi connectivity index (χ0v) is 14.3. The molecule has 0 aliphatic heterocycles. The molecule has 1 fully saturated rings. The number of hydrogen-bond donors (Lipinski definition) is 2. The molecule has 1 aromatic heterocycles. The second-order valence-electron chi connectivity index (χ2n) is 7.04. The first-order chi connectivity index (χ1) is 9.88. The lowest BCUT2D eigenvalue weighted by Crippen LogP contribution is -2.54. The maximum Gasteiger partial charge on any atom is 0.294 e. The van der Waals surface area contributed by atoms with Crippen LogP contribution in [0.25, 0.3) is 0 Å². The molecule has 120 valence electrons. The number of aliphatic hydroxyl groups excluding tert-OH is 1. The van der Waals surface area contributed by atoms with E-state index in [0.717, 1.165) is 17.8 Å². The minimum Gasteiger partial charge on any atom is -0.469 e. The van der Waals surface area contributed by atoms with Gasteiger partial charge in [-0.05, 0) is 37.5 Å². The standard InChI is InChI=1S/C15H27N3O2S/c1-5-20-13-18-17-12(21-13)8-16-15(10-19)7-11(2)6-14(3,4)9-15/h11,16,19H,5-10H2,1-4H3/t11-,15-/m0/s1. The molecule has 0 spiro atoms. The molecule has 1 heterocycles. The summed E-state index contributed by atoms with van der Waals surface area (Å²) >= 11 is 1.47. The second-order valence-corrected chi connectivity index (χ2v) is 8.07. The average Bonchev–Trinajstić information content (AvgIpc) is 2.82. The van der Waals surface area contributed by atoms with Gasteiger partial charge in [-0.2, -0.15) is 0 Å². The van der Waals surface area contributed by atoms with Gasteiger partial charge in [0.05, 0.1) is 19.8 Å². The molecule has 1 aromatic rings. The van der Waals surface area contributed by atoms with Crippen molar-refractivity contribution in [1.82, 2.24) is 15.5 Å². The van der Waals surface area contributed by atoms with Gasteiger partial charge in [0.1, 0.15) is 5.01 Å². The summed E-state index contributed by atoms with van der Waals surface area (Å²) in [6, 6.07) is 0. The summed E-state index contributed by atoms with van der Waals surface area (Å²) in [6.45, 7) is 10.2. The molecule has 1 aliphatic carbocycles. The molecule has 0 saturated heterocycles. The van der Waals surface area contributed by atoms with E-state index in [1.54, 1.807) is 0 Å². The van der Waals surface area contributed by atoms with Gasteiger partial charge in [0.2, 0.25) is 0 Å². The fourth-order valence-electron chi connectivity index (χ4n) is 3.81. The minimum atomic E-state index is -0.210. The van der Waals surface area contributed by atoms with Crippen LogP contribution in [0.3, 0.4) is 0 Å². The van der Waals surface area contributed by atoms with Crippen molar-refractivity contribution in [3.63, 3.8) is 0 Å². The van der Waals surface area contributed by atoms with E-state index < -0.39 is 0 Å². The molecule has 6 heteroatoms. The predicted octanol–water partition coefficient (Wildman–Crippen LogP) is 2.60. The third kappa shape index (κ3) is 4.37. The van der Waals surface area contributed by atoms with Crippen LogP contribution in [0.15, 0.2) is 0 Å². The highest BCUT2D eigenvalue weighted by molar-refractivity contribution is 7.13. The van der Waals surface area contributed by atoms with Gasteiger partial charge >= 0.3 is 0 Å². The molecule has 0 amide bonds. The van der Waals surface area contributed by atoms with E-state index in [0.29, 0.717) is 24.3 Å². The molecule has 0 aromatic carbocycles. The first-order valence-electron chi connectivity index (χ1n) is 7.69. The van der Waals surface area contributed by atoms with Crippen molar-refractivity contribution in [3.8, 4) is 5.19 Å². The Bertz CT molecular complexity index is 464. The number of rotatable bonds is 6. The van der Waals surface area contributed by atoms with Crippen molar-refractivity contribution in [2.24, 2.45) is 11.3 Å². The van der Waals surface area contributed by atoms with Gasteiger partial charge in [-0.3, -0.25) is 0 Å². The average molecular weight is 313 g/mol. The van der Waals surface area contributed by atoms with Crippen LogP contribution in [0, 0.1) is 11.3 Å². The van der Waals surface area contributed by atoms with E-state index in [9.17, 15) is 5.11 Å². The zero-order chi connectivity index (χ0) is 15.5. The highest BCUT2D eigenvalue weighted by atomic mass is 32.1. The van der Waals surface area contributed by atoms with Gasteiger partial charge < -0.3 is 15.2 Å². The summed E-state index contributed by atoms with van der Waals surface area (Å²) in [7, 11) is 0. The molecule has 2 N–H and O–H groups in total. The summed E-state index contributed by atoms with van der Waals surface area (Å²) in [4.78, 5) is 0. The first-order valence-corrected chi connectivity index (χ1v) is 8.51. The number of ether oxygens (including phenoxy) is 1. The Hall–Kier alpha value is -0.720. The van der Waals surface area contributed by atoms with Crippen molar-refractivity contribution in [2.75, 3.05) is 13.2 Å². The Morgan fingerprint density at radius 1 is 1.38 bits per heavy atom. The molecule has 0 radical (unpaired) electrons. The Kier molecular flexibility index (Phi) is 5.22. The SMILES string of the molecule is CCOc1nnc(CN[C@@]2(CO)C[C@@H](C)CC(C)(C)C2)s1. The van der Waals surface area contributed by atoms with E-state index in [1.807, 2.05) is 6.92 Å². The molecule has 5 nitrogen and oxygen atoms in total. The third-order valence-electron chi connectivity index (χ3n) is 4.09. The lowest BCUT2D eigenvalue weighted by Gasteiger charge is -2.47. The van der Waals surface area contributed by atoms with Gasteiger partial charge in [0.25, 0.3) is 5.19 Å². The quantitative estimate of drug-likeness (QED) is 0.845. The van der Waals surface area contributed by atoms with Gasteiger partial charge in [0, 0.05) is 5.54 Å². The molecular weight excluding hydrogens is 286 g/mol. The first kappa shape index (κ1) is 16.6. The summed E-state index contributed by atoms with van der Waals surface area (Å²) < 4.78 is 5.35. The van der Waals surface area contributed by atoms with Crippen LogP contribution in [0.1, 0.15) is 52.0 Å². The van der Waals surface area contributed by atoms with E-state index in [-0.39, 0.29) is 17.6 Å². The Labute approximate surface area is 131 Å². The zero-order valence-electron chi connectivity index (χ0n) is 13.5. The van der Waals surface area contributed by atoms with E-state index in [1.165, 1.54) is 17.8 Å². The molecule has 0 unspecified atom stereocenters. The number of aliphatic hydroxyl groups is 1. The van der Waals surface area contributed by atoms with Crippen LogP contribution in [0.5, 0.6) is 5.19 Å². The summed E-state index contributed by atoms with van der Waals surface area (Å²) in [6.07, 6.45) is 3.20. The summed E-state index contributed by atoms with van der Waals surface area (Å²) in [5.41, 5.74) is 0.0453. The van der Waals surface area contributed by atoms with Gasteiger partial charge in [-0.25, -0.2) is 0 Å². The maximum atomic E-state index is 9.94. The predicted molar refractivity (Wildman–Crippen MR) is 84.5 cm³/mol. The summed E-state index contributed by atoms with van der Waals surface area (Å²) in [5, 5.41) is 23.1. The van der Waals surface area contributed by atoms with Gasteiger partial charge in [-0.1, -0.05) is 32.1 Å². The molecule has 1 aliphatic rings. The molecule has 2 atom stereocenters. The highest BCUT2D eigenvalue weighted by Gasteiger charge is 2.42. The molecule has 2 rings (SSSR count). The molecular formula is C15H27N3O2S. The van der Waals surface area contributed by atoms with Crippen molar-refractivity contribution in [1.29, 1.82) is 0 Å². The Morgan fingerprint density at radius 3 is 2.76 bits per heavy atom. The Balaban J connectivity index is 2.00.